The third-order valence-corrected chi connectivity index (χ3v) is 5.54. The molecule has 0 spiro atoms. The van der Waals surface area contributed by atoms with E-state index in [1.165, 1.54) is 31.4 Å². The quantitative estimate of drug-likeness (QED) is 0.828. The van der Waals surface area contributed by atoms with Gasteiger partial charge in [0.1, 0.15) is 0 Å². The van der Waals surface area contributed by atoms with Crippen LogP contribution in [0.4, 0.5) is 0 Å². The summed E-state index contributed by atoms with van der Waals surface area (Å²) < 4.78 is 6.33. The van der Waals surface area contributed by atoms with Crippen LogP contribution in [0.5, 0.6) is 0 Å². The number of rotatable bonds is 7. The summed E-state index contributed by atoms with van der Waals surface area (Å²) in [4.78, 5) is 4.66. The maximum Gasteiger partial charge on any atom is 0.0897 e. The zero-order valence-corrected chi connectivity index (χ0v) is 14.8. The van der Waals surface area contributed by atoms with Crippen molar-refractivity contribution in [2.75, 3.05) is 13.2 Å². The fourth-order valence-corrected chi connectivity index (χ4v) is 4.16. The lowest BCUT2D eigenvalue weighted by molar-refractivity contribution is -0.0959. The van der Waals surface area contributed by atoms with Gasteiger partial charge in [0.2, 0.25) is 0 Å². The van der Waals surface area contributed by atoms with Crippen molar-refractivity contribution >= 4 is 11.3 Å². The molecule has 4 heteroatoms. The Balaban J connectivity index is 2.15. The molecule has 0 amide bonds. The Morgan fingerprint density at radius 1 is 1.43 bits per heavy atom. The molecule has 1 atom stereocenters. The van der Waals surface area contributed by atoms with E-state index in [2.05, 4.69) is 43.4 Å². The number of aryl methyl sites for hydroxylation is 1. The number of likely N-dealkylation sites (N-methyl/N-ethyl adjacent to an activating group) is 1. The van der Waals surface area contributed by atoms with E-state index in [0.29, 0.717) is 6.04 Å². The number of hydrogen-bond acceptors (Lipinski definition) is 4. The monoisotopic (exact) mass is 310 g/mol. The molecule has 21 heavy (non-hydrogen) atoms. The first-order valence-corrected chi connectivity index (χ1v) is 9.26. The van der Waals surface area contributed by atoms with Crippen LogP contribution in [0.3, 0.4) is 0 Å². The van der Waals surface area contributed by atoms with Gasteiger partial charge in [-0.15, -0.1) is 11.3 Å². The van der Waals surface area contributed by atoms with Gasteiger partial charge in [-0.25, -0.2) is 4.98 Å². The second kappa shape index (κ2) is 7.70. The van der Waals surface area contributed by atoms with Crippen LogP contribution in [0, 0.1) is 12.8 Å². The molecule has 1 aliphatic carbocycles. The minimum atomic E-state index is -0.00517. The molecule has 1 aliphatic rings. The van der Waals surface area contributed by atoms with Crippen molar-refractivity contribution in [3.05, 3.63) is 16.1 Å². The molecule has 1 saturated carbocycles. The summed E-state index contributed by atoms with van der Waals surface area (Å²) in [5, 5.41) is 7.04. The minimum absolute atomic E-state index is 0.00517. The van der Waals surface area contributed by atoms with E-state index in [1.807, 2.05) is 0 Å². The van der Waals surface area contributed by atoms with Gasteiger partial charge >= 0.3 is 0 Å². The van der Waals surface area contributed by atoms with E-state index in [9.17, 15) is 0 Å². The molecule has 1 aromatic heterocycles. The summed E-state index contributed by atoms with van der Waals surface area (Å²) in [5.74, 6) is 0.836. The predicted molar refractivity (Wildman–Crippen MR) is 90.0 cm³/mol. The van der Waals surface area contributed by atoms with Crippen molar-refractivity contribution in [2.45, 2.75) is 71.4 Å². The standard InChI is InChI=1S/C17H30N2OS/c1-5-18-16(11-15-12-21-14(4)19-15)17(20-6-2)9-7-13(3)8-10-17/h12-13,16,18H,5-11H2,1-4H3. The summed E-state index contributed by atoms with van der Waals surface area (Å²) in [6.45, 7) is 10.5. The smallest absolute Gasteiger partial charge is 0.0897 e. The molecule has 1 unspecified atom stereocenters. The number of ether oxygens (including phenoxy) is 1. The molecule has 2 rings (SSSR count). The van der Waals surface area contributed by atoms with Crippen LogP contribution < -0.4 is 5.32 Å². The Morgan fingerprint density at radius 2 is 2.14 bits per heavy atom. The van der Waals surface area contributed by atoms with Crippen LogP contribution in [-0.2, 0) is 11.2 Å². The van der Waals surface area contributed by atoms with Crippen LogP contribution in [-0.4, -0.2) is 29.8 Å². The third kappa shape index (κ3) is 4.27. The van der Waals surface area contributed by atoms with E-state index >= 15 is 0 Å². The van der Waals surface area contributed by atoms with Crippen molar-refractivity contribution in [1.82, 2.24) is 10.3 Å². The molecule has 120 valence electrons. The Labute approximate surface area is 133 Å². The Bertz CT molecular complexity index is 424. The number of nitrogens with one attached hydrogen (secondary N) is 1. The maximum atomic E-state index is 6.33. The van der Waals surface area contributed by atoms with Gasteiger partial charge in [-0.1, -0.05) is 13.8 Å². The third-order valence-electron chi connectivity index (χ3n) is 4.72. The van der Waals surface area contributed by atoms with Crippen molar-refractivity contribution in [3.8, 4) is 0 Å². The molecule has 0 aromatic carbocycles. The summed E-state index contributed by atoms with van der Waals surface area (Å²) in [6.07, 6.45) is 5.87. The van der Waals surface area contributed by atoms with Crippen molar-refractivity contribution in [3.63, 3.8) is 0 Å². The second-order valence-electron chi connectivity index (χ2n) is 6.35. The lowest BCUT2D eigenvalue weighted by atomic mass is 9.74. The maximum absolute atomic E-state index is 6.33. The van der Waals surface area contributed by atoms with Crippen molar-refractivity contribution in [1.29, 1.82) is 0 Å². The molecule has 1 aromatic rings. The van der Waals surface area contributed by atoms with Crippen LogP contribution in [0.2, 0.25) is 0 Å². The van der Waals surface area contributed by atoms with Gasteiger partial charge in [0.15, 0.2) is 0 Å². The molecule has 0 bridgehead atoms. The highest BCUT2D eigenvalue weighted by Crippen LogP contribution is 2.38. The molecule has 0 radical (unpaired) electrons. The fourth-order valence-electron chi connectivity index (χ4n) is 3.53. The number of thiazole rings is 1. The molecule has 1 heterocycles. The van der Waals surface area contributed by atoms with Gasteiger partial charge in [-0.3, -0.25) is 0 Å². The summed E-state index contributed by atoms with van der Waals surface area (Å²) in [7, 11) is 0. The van der Waals surface area contributed by atoms with Crippen LogP contribution in [0.25, 0.3) is 0 Å². The average Bonchev–Trinajstić information content (AvgIpc) is 2.87. The SMILES string of the molecule is CCNC(Cc1csc(C)n1)C1(OCC)CCC(C)CC1. The van der Waals surface area contributed by atoms with Gasteiger partial charge in [0.05, 0.1) is 16.3 Å². The summed E-state index contributed by atoms with van der Waals surface area (Å²) >= 11 is 1.74. The summed E-state index contributed by atoms with van der Waals surface area (Å²) in [6, 6.07) is 0.372. The number of nitrogens with zero attached hydrogens (tertiary/aromatic N) is 1. The minimum Gasteiger partial charge on any atom is -0.374 e. The lowest BCUT2D eigenvalue weighted by Crippen LogP contribution is -2.55. The number of aromatic nitrogens is 1. The molecule has 1 fully saturated rings. The van der Waals surface area contributed by atoms with Gasteiger partial charge in [0.25, 0.3) is 0 Å². The number of hydrogen-bond donors (Lipinski definition) is 1. The first-order valence-electron chi connectivity index (χ1n) is 8.38. The molecule has 3 nitrogen and oxygen atoms in total. The van der Waals surface area contributed by atoms with Crippen LogP contribution in [0.15, 0.2) is 5.38 Å². The van der Waals surface area contributed by atoms with E-state index < -0.39 is 0 Å². The largest absolute Gasteiger partial charge is 0.374 e. The Hall–Kier alpha value is -0.450. The van der Waals surface area contributed by atoms with Gasteiger partial charge in [-0.05, 0) is 52.0 Å². The Morgan fingerprint density at radius 3 is 2.67 bits per heavy atom. The summed E-state index contributed by atoms with van der Waals surface area (Å²) in [5.41, 5.74) is 1.20. The van der Waals surface area contributed by atoms with E-state index in [-0.39, 0.29) is 5.60 Å². The molecule has 0 aliphatic heterocycles. The molecular formula is C17H30N2OS. The highest BCUT2D eigenvalue weighted by molar-refractivity contribution is 7.09. The van der Waals surface area contributed by atoms with Gasteiger partial charge < -0.3 is 10.1 Å². The van der Waals surface area contributed by atoms with Crippen LogP contribution in [0.1, 0.15) is 57.2 Å². The van der Waals surface area contributed by atoms with Crippen molar-refractivity contribution in [2.24, 2.45) is 5.92 Å². The zero-order valence-electron chi connectivity index (χ0n) is 13.9. The predicted octanol–water partition coefficient (Wildman–Crippen LogP) is 3.96. The van der Waals surface area contributed by atoms with Gasteiger partial charge in [0, 0.05) is 24.4 Å². The molecule has 0 saturated heterocycles. The zero-order chi connectivity index (χ0) is 15.3. The van der Waals surface area contributed by atoms with E-state index in [1.54, 1.807) is 11.3 Å². The normalized spacial score (nSPS) is 27.7. The highest BCUT2D eigenvalue weighted by Gasteiger charge is 2.41. The van der Waals surface area contributed by atoms with E-state index in [4.69, 9.17) is 4.74 Å². The van der Waals surface area contributed by atoms with Gasteiger partial charge in [-0.2, -0.15) is 0 Å². The Kier molecular flexibility index (Phi) is 6.20. The molecular weight excluding hydrogens is 280 g/mol. The second-order valence-corrected chi connectivity index (χ2v) is 7.41. The lowest BCUT2D eigenvalue weighted by Gasteiger charge is -2.45. The van der Waals surface area contributed by atoms with E-state index in [0.717, 1.165) is 30.5 Å². The first kappa shape index (κ1) is 16.9. The topological polar surface area (TPSA) is 34.2 Å². The van der Waals surface area contributed by atoms with Crippen LogP contribution >= 0.6 is 11.3 Å². The fraction of sp³-hybridized carbons (Fsp3) is 0.824. The highest BCUT2D eigenvalue weighted by atomic mass is 32.1. The van der Waals surface area contributed by atoms with Crippen molar-refractivity contribution < 1.29 is 4.74 Å². The average molecular weight is 311 g/mol. The first-order chi connectivity index (χ1) is 10.1. The molecule has 1 N–H and O–H groups in total.